The van der Waals surface area contributed by atoms with Crippen molar-refractivity contribution in [3.63, 3.8) is 0 Å². The molecule has 0 heterocycles. The third-order valence-corrected chi connectivity index (χ3v) is 6.87. The van der Waals surface area contributed by atoms with E-state index in [-0.39, 0.29) is 25.0 Å². The maximum atomic E-state index is 13.9. The molecule has 0 aliphatic heterocycles. The highest BCUT2D eigenvalue weighted by Gasteiger charge is 2.39. The van der Waals surface area contributed by atoms with Gasteiger partial charge in [-0.15, -0.1) is 0 Å². The van der Waals surface area contributed by atoms with Gasteiger partial charge < -0.3 is 9.84 Å². The van der Waals surface area contributed by atoms with Gasteiger partial charge in [-0.2, -0.15) is 0 Å². The number of benzene rings is 2. The molecule has 2 atom stereocenters. The Kier molecular flexibility index (Phi) is 10.9. The molecule has 2 amide bonds. The SMILES string of the molecule is CC(C)CC(C(=O)N(CCc1ccccc1)C(=O)OC1CCCC1)[C@H](C/C=C/c1ccccc1)C(=O)O. The highest BCUT2D eigenvalue weighted by Crippen LogP contribution is 2.29. The number of imide groups is 1. The molecule has 198 valence electrons. The fourth-order valence-electron chi connectivity index (χ4n) is 4.89. The van der Waals surface area contributed by atoms with Gasteiger partial charge in [0.05, 0.1) is 11.8 Å². The Morgan fingerprint density at radius 1 is 0.973 bits per heavy atom. The lowest BCUT2D eigenvalue weighted by Gasteiger charge is -2.30. The van der Waals surface area contributed by atoms with Crippen molar-refractivity contribution in [1.29, 1.82) is 0 Å². The van der Waals surface area contributed by atoms with E-state index in [1.807, 2.05) is 80.6 Å². The van der Waals surface area contributed by atoms with E-state index in [1.54, 1.807) is 6.08 Å². The molecule has 1 N–H and O–H groups in total. The minimum atomic E-state index is -1.04. The van der Waals surface area contributed by atoms with Crippen LogP contribution in [0.3, 0.4) is 0 Å². The second-order valence-corrected chi connectivity index (χ2v) is 10.2. The van der Waals surface area contributed by atoms with Crippen LogP contribution in [-0.4, -0.2) is 40.6 Å². The number of carboxylic acid groups (broad SMARTS) is 1. The maximum Gasteiger partial charge on any atom is 0.416 e. The van der Waals surface area contributed by atoms with Crippen molar-refractivity contribution in [1.82, 2.24) is 4.90 Å². The Labute approximate surface area is 220 Å². The molecule has 1 aliphatic rings. The Hall–Kier alpha value is -3.41. The van der Waals surface area contributed by atoms with Gasteiger partial charge in [0.2, 0.25) is 5.91 Å². The van der Waals surface area contributed by atoms with Gasteiger partial charge in [-0.1, -0.05) is 86.7 Å². The molecular weight excluding hydrogens is 466 g/mol. The first kappa shape index (κ1) is 28.2. The number of carbonyl (C=O) groups is 3. The van der Waals surface area contributed by atoms with E-state index in [2.05, 4.69) is 0 Å². The van der Waals surface area contributed by atoms with Crippen LogP contribution in [0.1, 0.15) is 63.5 Å². The molecule has 3 rings (SSSR count). The van der Waals surface area contributed by atoms with Gasteiger partial charge in [-0.25, -0.2) is 9.69 Å². The average molecular weight is 506 g/mol. The number of hydrogen-bond acceptors (Lipinski definition) is 4. The standard InChI is InChI=1S/C31H39NO5/c1-23(2)22-28(27(30(34)35)19-11-16-24-12-5-3-6-13-24)29(33)32(21-20-25-14-7-4-8-15-25)31(36)37-26-17-9-10-18-26/h3-8,11-16,23,26-28H,9-10,17-22H2,1-2H3,(H,34,35)/b16-11+/t27-,28?/m0/s1. The van der Waals surface area contributed by atoms with Gasteiger partial charge in [0.25, 0.3) is 0 Å². The Morgan fingerprint density at radius 3 is 2.19 bits per heavy atom. The summed E-state index contributed by atoms with van der Waals surface area (Å²) >= 11 is 0. The van der Waals surface area contributed by atoms with Gasteiger partial charge in [-0.05, 0) is 62.0 Å². The third-order valence-electron chi connectivity index (χ3n) is 6.87. The molecule has 1 aliphatic carbocycles. The van der Waals surface area contributed by atoms with E-state index in [0.29, 0.717) is 12.8 Å². The van der Waals surface area contributed by atoms with Crippen LogP contribution in [-0.2, 0) is 20.7 Å². The van der Waals surface area contributed by atoms with Crippen molar-refractivity contribution in [2.45, 2.75) is 64.9 Å². The van der Waals surface area contributed by atoms with Crippen LogP contribution in [0.4, 0.5) is 4.79 Å². The molecule has 1 saturated carbocycles. The highest BCUT2D eigenvalue weighted by molar-refractivity contribution is 5.95. The van der Waals surface area contributed by atoms with Gasteiger partial charge >= 0.3 is 12.1 Å². The van der Waals surface area contributed by atoms with E-state index in [1.165, 1.54) is 0 Å². The number of nitrogens with zero attached hydrogens (tertiary/aromatic N) is 1. The summed E-state index contributed by atoms with van der Waals surface area (Å²) in [6.07, 6.45) is 7.46. The summed E-state index contributed by atoms with van der Waals surface area (Å²) in [6.45, 7) is 4.07. The van der Waals surface area contributed by atoms with Crippen molar-refractivity contribution in [3.05, 3.63) is 77.9 Å². The van der Waals surface area contributed by atoms with Crippen molar-refractivity contribution in [2.24, 2.45) is 17.8 Å². The second-order valence-electron chi connectivity index (χ2n) is 10.2. The zero-order chi connectivity index (χ0) is 26.6. The molecular formula is C31H39NO5. The first-order valence-corrected chi connectivity index (χ1v) is 13.4. The Balaban J connectivity index is 1.83. The van der Waals surface area contributed by atoms with E-state index >= 15 is 0 Å². The minimum absolute atomic E-state index is 0.0794. The van der Waals surface area contributed by atoms with Gasteiger partial charge in [0.1, 0.15) is 6.10 Å². The molecule has 1 fully saturated rings. The van der Waals surface area contributed by atoms with E-state index in [9.17, 15) is 19.5 Å². The number of amides is 2. The zero-order valence-corrected chi connectivity index (χ0v) is 21.9. The van der Waals surface area contributed by atoms with Crippen molar-refractivity contribution in [2.75, 3.05) is 6.54 Å². The van der Waals surface area contributed by atoms with E-state index < -0.39 is 29.8 Å². The molecule has 2 aromatic carbocycles. The summed E-state index contributed by atoms with van der Waals surface area (Å²) in [5.41, 5.74) is 1.96. The second kappa shape index (κ2) is 14.4. The van der Waals surface area contributed by atoms with Crippen LogP contribution >= 0.6 is 0 Å². The van der Waals surface area contributed by atoms with Crippen LogP contribution in [0.5, 0.6) is 0 Å². The van der Waals surface area contributed by atoms with Crippen LogP contribution in [0.2, 0.25) is 0 Å². The number of carboxylic acids is 1. The monoisotopic (exact) mass is 505 g/mol. The lowest BCUT2D eigenvalue weighted by atomic mass is 9.82. The maximum absolute atomic E-state index is 13.9. The van der Waals surface area contributed by atoms with Gasteiger partial charge in [0.15, 0.2) is 0 Å². The number of allylic oxidation sites excluding steroid dienone is 1. The molecule has 2 aromatic rings. The summed E-state index contributed by atoms with van der Waals surface area (Å²) in [5.74, 6) is -3.22. The fraction of sp³-hybridized carbons (Fsp3) is 0.452. The Morgan fingerprint density at radius 2 is 1.59 bits per heavy atom. The predicted molar refractivity (Wildman–Crippen MR) is 145 cm³/mol. The third kappa shape index (κ3) is 8.88. The quantitative estimate of drug-likeness (QED) is 0.351. The van der Waals surface area contributed by atoms with E-state index in [0.717, 1.165) is 41.7 Å². The number of carbonyl (C=O) groups excluding carboxylic acids is 2. The molecule has 0 spiro atoms. The smallest absolute Gasteiger partial charge is 0.416 e. The first-order chi connectivity index (χ1) is 17.8. The summed E-state index contributed by atoms with van der Waals surface area (Å²) in [5, 5.41) is 10.1. The predicted octanol–water partition coefficient (Wildman–Crippen LogP) is 6.60. The molecule has 1 unspecified atom stereocenters. The molecule has 0 saturated heterocycles. The number of aliphatic carboxylic acids is 1. The number of rotatable bonds is 12. The minimum Gasteiger partial charge on any atom is -0.481 e. The summed E-state index contributed by atoms with van der Waals surface area (Å²) in [4.78, 5) is 40.8. The normalized spacial score (nSPS) is 15.5. The molecule has 0 bridgehead atoms. The number of ether oxygens (including phenoxy) is 1. The van der Waals surface area contributed by atoms with Crippen molar-refractivity contribution < 1.29 is 24.2 Å². The lowest BCUT2D eigenvalue weighted by Crippen LogP contribution is -2.46. The van der Waals surface area contributed by atoms with Gasteiger partial charge in [0, 0.05) is 6.54 Å². The van der Waals surface area contributed by atoms with Crippen LogP contribution in [0, 0.1) is 17.8 Å². The number of hydrogen-bond donors (Lipinski definition) is 1. The average Bonchev–Trinajstić information content (AvgIpc) is 3.39. The van der Waals surface area contributed by atoms with Crippen molar-refractivity contribution >= 4 is 24.0 Å². The largest absolute Gasteiger partial charge is 0.481 e. The molecule has 6 nitrogen and oxygen atoms in total. The fourth-order valence-corrected chi connectivity index (χ4v) is 4.89. The lowest BCUT2D eigenvalue weighted by molar-refractivity contribution is -0.150. The van der Waals surface area contributed by atoms with Crippen LogP contribution < -0.4 is 0 Å². The molecule has 37 heavy (non-hydrogen) atoms. The summed E-state index contributed by atoms with van der Waals surface area (Å²) in [6, 6.07) is 19.3. The molecule has 0 aromatic heterocycles. The molecule has 6 heteroatoms. The zero-order valence-electron chi connectivity index (χ0n) is 21.9. The summed E-state index contributed by atoms with van der Waals surface area (Å²) < 4.78 is 5.72. The first-order valence-electron chi connectivity index (χ1n) is 13.4. The van der Waals surface area contributed by atoms with E-state index in [4.69, 9.17) is 4.74 Å². The van der Waals surface area contributed by atoms with Crippen LogP contribution in [0.15, 0.2) is 66.7 Å². The van der Waals surface area contributed by atoms with Crippen molar-refractivity contribution in [3.8, 4) is 0 Å². The summed E-state index contributed by atoms with van der Waals surface area (Å²) in [7, 11) is 0. The van der Waals surface area contributed by atoms with Crippen LogP contribution in [0.25, 0.3) is 6.08 Å². The topological polar surface area (TPSA) is 83.9 Å². The van der Waals surface area contributed by atoms with Gasteiger partial charge in [-0.3, -0.25) is 9.59 Å². The highest BCUT2D eigenvalue weighted by atomic mass is 16.6. The molecule has 0 radical (unpaired) electrons. The Bertz CT molecular complexity index is 1030.